The predicted molar refractivity (Wildman–Crippen MR) is 75.5 cm³/mol. The largest absolute Gasteiger partial charge is 0.373 e. The normalized spacial score (nSPS) is 33.1. The first kappa shape index (κ1) is 12.6. The predicted octanol–water partition coefficient (Wildman–Crippen LogP) is 2.21. The second-order valence-electron chi connectivity index (χ2n) is 6.02. The maximum atomic E-state index is 12.2. The summed E-state index contributed by atoms with van der Waals surface area (Å²) in [6.07, 6.45) is 7.95. The molecule has 3 fully saturated rings. The number of nitrogens with zero attached hydrogens (tertiary/aromatic N) is 1. The van der Waals surface area contributed by atoms with Crippen molar-refractivity contribution in [2.45, 2.75) is 56.4 Å². The van der Waals surface area contributed by atoms with E-state index in [-0.39, 0.29) is 24.2 Å². The Morgan fingerprint density at radius 2 is 2.30 bits per heavy atom. The quantitative estimate of drug-likeness (QED) is 0.894. The van der Waals surface area contributed by atoms with Crippen LogP contribution in [0.15, 0.2) is 11.6 Å². The average molecular weight is 293 g/mol. The number of thiazole rings is 1. The number of ether oxygens (including phenoxy) is 1. The molecule has 2 aliphatic heterocycles. The number of carbonyl (C=O) groups excluding carboxylic acids is 1. The minimum atomic E-state index is -0.0711. The van der Waals surface area contributed by atoms with Crippen LogP contribution in [0.2, 0.25) is 0 Å². The van der Waals surface area contributed by atoms with Crippen LogP contribution in [0.4, 0.5) is 4.79 Å². The molecule has 20 heavy (non-hydrogen) atoms. The van der Waals surface area contributed by atoms with Gasteiger partial charge in [0, 0.05) is 11.6 Å². The molecule has 108 valence electrons. The number of rotatable bonds is 4. The van der Waals surface area contributed by atoms with E-state index >= 15 is 0 Å². The molecule has 3 aliphatic rings. The van der Waals surface area contributed by atoms with Crippen molar-refractivity contribution in [3.63, 3.8) is 0 Å². The number of fused-ring (bicyclic) bond motifs is 2. The number of hydrogen-bond acceptors (Lipinski definition) is 4. The number of aromatic nitrogens is 1. The molecule has 0 spiro atoms. The van der Waals surface area contributed by atoms with Gasteiger partial charge in [-0.1, -0.05) is 0 Å². The van der Waals surface area contributed by atoms with E-state index in [1.165, 1.54) is 12.8 Å². The molecule has 0 radical (unpaired) electrons. The first-order chi connectivity index (χ1) is 9.79. The lowest BCUT2D eigenvalue weighted by Gasteiger charge is -2.22. The zero-order valence-electron chi connectivity index (χ0n) is 11.2. The molecule has 5 nitrogen and oxygen atoms in total. The second-order valence-corrected chi connectivity index (χ2v) is 6.95. The Morgan fingerprint density at radius 1 is 1.40 bits per heavy atom. The van der Waals surface area contributed by atoms with Crippen molar-refractivity contribution < 1.29 is 9.53 Å². The Bertz CT molecular complexity index is 489. The van der Waals surface area contributed by atoms with Crippen molar-refractivity contribution in [2.75, 3.05) is 0 Å². The van der Waals surface area contributed by atoms with Gasteiger partial charge in [-0.05, 0) is 38.0 Å². The number of amides is 2. The Morgan fingerprint density at radius 3 is 2.90 bits per heavy atom. The van der Waals surface area contributed by atoms with Crippen LogP contribution in [0.5, 0.6) is 0 Å². The van der Waals surface area contributed by atoms with Crippen LogP contribution in [0.3, 0.4) is 0 Å². The van der Waals surface area contributed by atoms with Crippen molar-refractivity contribution >= 4 is 17.4 Å². The van der Waals surface area contributed by atoms with Crippen LogP contribution in [0.25, 0.3) is 0 Å². The minimum absolute atomic E-state index is 0.0711. The molecule has 1 aliphatic carbocycles. The zero-order valence-corrected chi connectivity index (χ0v) is 12.1. The van der Waals surface area contributed by atoms with Crippen LogP contribution >= 0.6 is 11.3 Å². The fraction of sp³-hybridized carbons (Fsp3) is 0.714. The summed E-state index contributed by atoms with van der Waals surface area (Å²) in [5.74, 6) is 0.558. The Balaban J connectivity index is 1.36. The lowest BCUT2D eigenvalue weighted by Crippen LogP contribution is -2.47. The average Bonchev–Trinajstić information content (AvgIpc) is 2.88. The summed E-state index contributed by atoms with van der Waals surface area (Å²) in [5.41, 5.74) is 0. The number of nitrogens with one attached hydrogen (secondary N) is 2. The summed E-state index contributed by atoms with van der Waals surface area (Å²) in [5, 5.41) is 9.18. The summed E-state index contributed by atoms with van der Waals surface area (Å²) in [6, 6.07) is 0.192. The van der Waals surface area contributed by atoms with E-state index < -0.39 is 0 Å². The maximum Gasteiger partial charge on any atom is 0.315 e. The molecule has 3 heterocycles. The first-order valence-electron chi connectivity index (χ1n) is 7.41. The molecular formula is C14H19N3O2S. The number of carbonyl (C=O) groups is 1. The van der Waals surface area contributed by atoms with Gasteiger partial charge in [-0.15, -0.1) is 11.3 Å². The fourth-order valence-corrected chi connectivity index (χ4v) is 4.12. The Kier molecular flexibility index (Phi) is 3.15. The molecular weight excluding hydrogens is 274 g/mol. The highest BCUT2D eigenvalue weighted by Crippen LogP contribution is 2.41. The number of hydrogen-bond donors (Lipinski definition) is 2. The summed E-state index contributed by atoms with van der Waals surface area (Å²) in [4.78, 5) is 16.6. The van der Waals surface area contributed by atoms with Crippen LogP contribution in [-0.4, -0.2) is 29.3 Å². The van der Waals surface area contributed by atoms with E-state index in [1.807, 2.05) is 5.38 Å². The monoisotopic (exact) mass is 293 g/mol. The number of urea groups is 1. The molecule has 6 heteroatoms. The molecule has 2 N–H and O–H groups in total. The lowest BCUT2D eigenvalue weighted by atomic mass is 9.96. The van der Waals surface area contributed by atoms with Gasteiger partial charge >= 0.3 is 6.03 Å². The SMILES string of the molecule is O=C(N[C@H](c1nccs1)C1CC1)N[C@@H]1C[C@H]2CC[C@H]1O2. The van der Waals surface area contributed by atoms with Crippen LogP contribution in [-0.2, 0) is 4.74 Å². The zero-order chi connectivity index (χ0) is 13.5. The van der Waals surface area contributed by atoms with Crippen molar-refractivity contribution in [3.05, 3.63) is 16.6 Å². The molecule has 2 bridgehead atoms. The van der Waals surface area contributed by atoms with E-state index in [0.717, 1.165) is 24.3 Å². The fourth-order valence-electron chi connectivity index (χ4n) is 3.34. The van der Waals surface area contributed by atoms with Crippen molar-refractivity contribution in [3.8, 4) is 0 Å². The molecule has 2 amide bonds. The van der Waals surface area contributed by atoms with E-state index in [2.05, 4.69) is 15.6 Å². The van der Waals surface area contributed by atoms with Gasteiger partial charge in [-0.25, -0.2) is 9.78 Å². The van der Waals surface area contributed by atoms with Gasteiger partial charge < -0.3 is 15.4 Å². The van der Waals surface area contributed by atoms with Gasteiger partial charge in [0.25, 0.3) is 0 Å². The van der Waals surface area contributed by atoms with Crippen molar-refractivity contribution in [2.24, 2.45) is 5.92 Å². The van der Waals surface area contributed by atoms with Crippen LogP contribution in [0.1, 0.15) is 43.2 Å². The van der Waals surface area contributed by atoms with Crippen LogP contribution in [0, 0.1) is 5.92 Å². The summed E-state index contributed by atoms with van der Waals surface area (Å²) in [7, 11) is 0. The first-order valence-corrected chi connectivity index (χ1v) is 8.29. The molecule has 4 atom stereocenters. The van der Waals surface area contributed by atoms with E-state index in [0.29, 0.717) is 12.0 Å². The van der Waals surface area contributed by atoms with Gasteiger partial charge in [0.1, 0.15) is 5.01 Å². The molecule has 1 aromatic rings. The standard InChI is InChI=1S/C14H19N3O2S/c18-14(16-10-7-9-3-4-11(10)19-9)17-12(8-1-2-8)13-15-5-6-20-13/h5-6,8-12H,1-4,7H2,(H2,16,17,18)/t9-,10-,11-,12+/m1/s1. The molecule has 1 saturated carbocycles. The third-order valence-corrected chi connectivity index (χ3v) is 5.38. The Labute approximate surface area is 122 Å². The lowest BCUT2D eigenvalue weighted by molar-refractivity contribution is 0.0980. The molecule has 0 unspecified atom stereocenters. The topological polar surface area (TPSA) is 63.2 Å². The summed E-state index contributed by atoms with van der Waals surface area (Å²) >= 11 is 1.62. The van der Waals surface area contributed by atoms with Gasteiger partial charge in [0.05, 0.1) is 24.3 Å². The van der Waals surface area contributed by atoms with E-state index in [4.69, 9.17) is 4.74 Å². The highest BCUT2D eigenvalue weighted by Gasteiger charge is 2.42. The van der Waals surface area contributed by atoms with Gasteiger partial charge in [-0.2, -0.15) is 0 Å². The third kappa shape index (κ3) is 2.42. The molecule has 1 aromatic heterocycles. The van der Waals surface area contributed by atoms with Gasteiger partial charge in [0.15, 0.2) is 0 Å². The smallest absolute Gasteiger partial charge is 0.315 e. The highest BCUT2D eigenvalue weighted by atomic mass is 32.1. The summed E-state index contributed by atoms with van der Waals surface area (Å²) < 4.78 is 5.77. The van der Waals surface area contributed by atoms with Crippen molar-refractivity contribution in [1.82, 2.24) is 15.6 Å². The molecule has 2 saturated heterocycles. The maximum absolute atomic E-state index is 12.2. The molecule has 0 aromatic carbocycles. The molecule has 4 rings (SSSR count). The van der Waals surface area contributed by atoms with E-state index in [9.17, 15) is 4.79 Å². The van der Waals surface area contributed by atoms with Gasteiger partial charge in [-0.3, -0.25) is 0 Å². The Hall–Kier alpha value is -1.14. The van der Waals surface area contributed by atoms with Gasteiger partial charge in [0.2, 0.25) is 0 Å². The van der Waals surface area contributed by atoms with Crippen LogP contribution < -0.4 is 10.6 Å². The second kappa shape index (κ2) is 5.00. The summed E-state index contributed by atoms with van der Waals surface area (Å²) in [6.45, 7) is 0. The highest BCUT2D eigenvalue weighted by molar-refractivity contribution is 7.09. The van der Waals surface area contributed by atoms with E-state index in [1.54, 1.807) is 17.5 Å². The van der Waals surface area contributed by atoms with Crippen molar-refractivity contribution in [1.29, 1.82) is 0 Å². The third-order valence-electron chi connectivity index (χ3n) is 4.52. The minimum Gasteiger partial charge on any atom is -0.373 e.